The van der Waals surface area contributed by atoms with Gasteiger partial charge in [0.05, 0.1) is 0 Å². The predicted molar refractivity (Wildman–Crippen MR) is 91.6 cm³/mol. The number of rotatable bonds is 4. The third-order valence-electron chi connectivity index (χ3n) is 3.03. The fourth-order valence-electron chi connectivity index (χ4n) is 1.92. The minimum atomic E-state index is -3.88. The number of aryl methyl sites for hydroxylation is 1. The van der Waals surface area contributed by atoms with Crippen molar-refractivity contribution in [3.8, 4) is 16.3 Å². The normalized spacial score (nSPS) is 11.4. The van der Waals surface area contributed by atoms with Crippen LogP contribution >= 0.6 is 22.9 Å². The molecule has 0 N–H and O–H groups in total. The van der Waals surface area contributed by atoms with E-state index in [2.05, 4.69) is 4.98 Å². The molecule has 0 radical (unpaired) electrons. The molecule has 0 atom stereocenters. The lowest BCUT2D eigenvalue weighted by atomic mass is 10.2. The van der Waals surface area contributed by atoms with Crippen molar-refractivity contribution in [2.24, 2.45) is 0 Å². The van der Waals surface area contributed by atoms with E-state index in [9.17, 15) is 8.42 Å². The Morgan fingerprint density at radius 1 is 1.04 bits per heavy atom. The molecule has 3 aromatic rings. The monoisotopic (exact) mass is 365 g/mol. The number of halogens is 1. The highest BCUT2D eigenvalue weighted by molar-refractivity contribution is 7.87. The highest BCUT2D eigenvalue weighted by atomic mass is 35.5. The number of hydrogen-bond acceptors (Lipinski definition) is 5. The lowest BCUT2D eigenvalue weighted by molar-refractivity contribution is 0.486. The van der Waals surface area contributed by atoms with E-state index in [-0.39, 0.29) is 10.6 Å². The summed E-state index contributed by atoms with van der Waals surface area (Å²) in [6.45, 7) is 1.93. The van der Waals surface area contributed by atoms with Crippen molar-refractivity contribution in [2.45, 2.75) is 11.8 Å². The van der Waals surface area contributed by atoms with Crippen molar-refractivity contribution in [1.82, 2.24) is 4.98 Å². The Hall–Kier alpha value is -1.89. The van der Waals surface area contributed by atoms with E-state index in [0.29, 0.717) is 5.02 Å². The summed E-state index contributed by atoms with van der Waals surface area (Å²) in [7, 11) is -3.88. The summed E-state index contributed by atoms with van der Waals surface area (Å²) in [5.74, 6) is 0.247. The van der Waals surface area contributed by atoms with Gasteiger partial charge in [0.1, 0.15) is 15.7 Å². The summed E-state index contributed by atoms with van der Waals surface area (Å²) in [5, 5.41) is 3.31. The van der Waals surface area contributed by atoms with Crippen molar-refractivity contribution < 1.29 is 12.6 Å². The molecule has 0 saturated carbocycles. The first-order valence-electron chi connectivity index (χ1n) is 6.67. The molecule has 0 aliphatic carbocycles. The zero-order chi connectivity index (χ0) is 16.4. The SMILES string of the molecule is Cc1csc(-c2ccc(OS(=O)(=O)c3ccc(Cl)cc3)cc2)n1. The van der Waals surface area contributed by atoms with Crippen molar-refractivity contribution in [1.29, 1.82) is 0 Å². The zero-order valence-corrected chi connectivity index (χ0v) is 14.5. The van der Waals surface area contributed by atoms with Crippen LogP contribution in [0.25, 0.3) is 10.6 Å². The van der Waals surface area contributed by atoms with E-state index >= 15 is 0 Å². The minimum absolute atomic E-state index is 0.0570. The average molecular weight is 366 g/mol. The number of thiazole rings is 1. The summed E-state index contributed by atoms with van der Waals surface area (Å²) in [6.07, 6.45) is 0. The molecule has 0 aliphatic rings. The van der Waals surface area contributed by atoms with E-state index in [0.717, 1.165) is 16.3 Å². The maximum atomic E-state index is 12.2. The molecule has 0 amide bonds. The van der Waals surface area contributed by atoms with Gasteiger partial charge in [0.25, 0.3) is 0 Å². The molecule has 1 heterocycles. The Bertz CT molecular complexity index is 917. The molecule has 0 bridgehead atoms. The number of nitrogens with zero attached hydrogens (tertiary/aromatic N) is 1. The first-order valence-corrected chi connectivity index (χ1v) is 9.33. The van der Waals surface area contributed by atoms with Crippen LogP contribution in [0.4, 0.5) is 0 Å². The highest BCUT2D eigenvalue weighted by Gasteiger charge is 2.16. The molecule has 1 aromatic heterocycles. The average Bonchev–Trinajstić information content (AvgIpc) is 2.95. The molecular formula is C16H12ClNO3S2. The van der Waals surface area contributed by atoms with Gasteiger partial charge in [0, 0.05) is 21.7 Å². The fourth-order valence-corrected chi connectivity index (χ4v) is 3.78. The summed E-state index contributed by atoms with van der Waals surface area (Å²) >= 11 is 7.30. The van der Waals surface area contributed by atoms with Gasteiger partial charge in [-0.25, -0.2) is 4.98 Å². The van der Waals surface area contributed by atoms with Gasteiger partial charge >= 0.3 is 10.1 Å². The van der Waals surface area contributed by atoms with Crippen molar-refractivity contribution in [2.75, 3.05) is 0 Å². The Kier molecular flexibility index (Phi) is 4.39. The van der Waals surface area contributed by atoms with Crippen LogP contribution < -0.4 is 4.18 Å². The Labute approximate surface area is 143 Å². The zero-order valence-electron chi connectivity index (χ0n) is 12.1. The molecule has 0 fully saturated rings. The number of benzene rings is 2. The molecule has 4 nitrogen and oxygen atoms in total. The van der Waals surface area contributed by atoms with Crippen LogP contribution in [0.2, 0.25) is 5.02 Å². The molecule has 3 rings (SSSR count). The first-order chi connectivity index (χ1) is 10.9. The minimum Gasteiger partial charge on any atom is -0.379 e. The molecule has 23 heavy (non-hydrogen) atoms. The molecule has 0 spiro atoms. The number of aromatic nitrogens is 1. The molecule has 7 heteroatoms. The van der Waals surface area contributed by atoms with E-state index in [1.165, 1.54) is 35.6 Å². The van der Waals surface area contributed by atoms with Crippen LogP contribution in [-0.2, 0) is 10.1 Å². The largest absolute Gasteiger partial charge is 0.379 e. The van der Waals surface area contributed by atoms with Crippen molar-refractivity contribution >= 4 is 33.1 Å². The Morgan fingerprint density at radius 2 is 1.70 bits per heavy atom. The topological polar surface area (TPSA) is 56.3 Å². The Morgan fingerprint density at radius 3 is 2.26 bits per heavy atom. The van der Waals surface area contributed by atoms with Crippen molar-refractivity contribution in [3.63, 3.8) is 0 Å². The first kappa shape index (κ1) is 16.0. The fraction of sp³-hybridized carbons (Fsp3) is 0.0625. The maximum Gasteiger partial charge on any atom is 0.339 e. The third kappa shape index (κ3) is 3.72. The smallest absolute Gasteiger partial charge is 0.339 e. The van der Waals surface area contributed by atoms with Crippen LogP contribution in [0.5, 0.6) is 5.75 Å². The van der Waals surface area contributed by atoms with E-state index in [1.54, 1.807) is 24.3 Å². The molecule has 0 unspecified atom stereocenters. The molecule has 118 valence electrons. The van der Waals surface area contributed by atoms with Crippen LogP contribution in [0.15, 0.2) is 58.8 Å². The predicted octanol–water partition coefficient (Wildman–Crippen LogP) is 4.54. The van der Waals surface area contributed by atoms with Gasteiger partial charge < -0.3 is 4.18 Å². The van der Waals surface area contributed by atoms with Gasteiger partial charge in [-0.15, -0.1) is 11.3 Å². The second-order valence-electron chi connectivity index (χ2n) is 4.81. The van der Waals surface area contributed by atoms with Crippen LogP contribution in [0.1, 0.15) is 5.69 Å². The van der Waals surface area contributed by atoms with Crippen LogP contribution in [0.3, 0.4) is 0 Å². The van der Waals surface area contributed by atoms with E-state index in [1.807, 2.05) is 12.3 Å². The number of hydrogen-bond donors (Lipinski definition) is 0. The molecule has 0 aliphatic heterocycles. The van der Waals surface area contributed by atoms with E-state index in [4.69, 9.17) is 15.8 Å². The third-order valence-corrected chi connectivity index (χ3v) is 5.55. The van der Waals surface area contributed by atoms with Gasteiger partial charge in [-0.2, -0.15) is 8.42 Å². The lowest BCUT2D eigenvalue weighted by Crippen LogP contribution is -2.09. The summed E-state index contributed by atoms with van der Waals surface area (Å²) in [5.41, 5.74) is 1.87. The molecular weight excluding hydrogens is 354 g/mol. The quantitative estimate of drug-likeness (QED) is 0.637. The standard InChI is InChI=1S/C16H12ClNO3S2/c1-11-10-22-16(18-11)12-2-6-14(7-3-12)21-23(19,20)15-8-4-13(17)5-9-15/h2-10H,1H3. The lowest BCUT2D eigenvalue weighted by Gasteiger charge is -2.07. The van der Waals surface area contributed by atoms with Gasteiger partial charge in [0.2, 0.25) is 0 Å². The van der Waals surface area contributed by atoms with Crippen LogP contribution in [-0.4, -0.2) is 13.4 Å². The van der Waals surface area contributed by atoms with E-state index < -0.39 is 10.1 Å². The maximum absolute atomic E-state index is 12.2. The summed E-state index contributed by atoms with van der Waals surface area (Å²) in [6, 6.07) is 12.6. The second-order valence-corrected chi connectivity index (χ2v) is 7.65. The molecule has 0 saturated heterocycles. The Balaban J connectivity index is 1.81. The van der Waals surface area contributed by atoms with Gasteiger partial charge in [-0.3, -0.25) is 0 Å². The molecule has 2 aromatic carbocycles. The van der Waals surface area contributed by atoms with Gasteiger partial charge in [-0.05, 0) is 55.5 Å². The van der Waals surface area contributed by atoms with Gasteiger partial charge in [0.15, 0.2) is 0 Å². The van der Waals surface area contributed by atoms with Gasteiger partial charge in [-0.1, -0.05) is 11.6 Å². The highest BCUT2D eigenvalue weighted by Crippen LogP contribution is 2.27. The summed E-state index contributed by atoms with van der Waals surface area (Å²) < 4.78 is 29.5. The van der Waals surface area contributed by atoms with Crippen LogP contribution in [0, 0.1) is 6.92 Å². The second kappa shape index (κ2) is 6.31. The summed E-state index contributed by atoms with van der Waals surface area (Å²) in [4.78, 5) is 4.44. The van der Waals surface area contributed by atoms with Crippen molar-refractivity contribution in [3.05, 3.63) is 64.6 Å².